The van der Waals surface area contributed by atoms with Crippen molar-refractivity contribution < 1.29 is 14.6 Å². The van der Waals surface area contributed by atoms with Crippen molar-refractivity contribution in [1.29, 1.82) is 0 Å². The monoisotopic (exact) mass is 329 g/mol. The van der Waals surface area contributed by atoms with Gasteiger partial charge < -0.3 is 9.84 Å². The van der Waals surface area contributed by atoms with Crippen molar-refractivity contribution in [3.05, 3.63) is 28.2 Å². The molecule has 5 heteroatoms. The number of hydrogen-bond acceptors (Lipinski definition) is 4. The minimum atomic E-state index is -0.367. The van der Waals surface area contributed by atoms with Gasteiger partial charge in [-0.3, -0.25) is 10.1 Å². The second kappa shape index (κ2) is 7.50. The molecule has 0 fully saturated rings. The first-order valence-electron chi connectivity index (χ1n) is 6.28. The van der Waals surface area contributed by atoms with Gasteiger partial charge in [0.2, 0.25) is 0 Å². The SMILES string of the molecule is CCC(C)C(NCc1cccc(Br)c1O)C(=O)OC. The third-order valence-corrected chi connectivity index (χ3v) is 3.89. The topological polar surface area (TPSA) is 58.6 Å². The molecule has 0 aliphatic rings. The number of halogens is 1. The Hall–Kier alpha value is -1.07. The van der Waals surface area contributed by atoms with Crippen LogP contribution in [0.1, 0.15) is 25.8 Å². The Kier molecular flexibility index (Phi) is 6.31. The van der Waals surface area contributed by atoms with Crippen molar-refractivity contribution in [3.8, 4) is 5.75 Å². The van der Waals surface area contributed by atoms with Gasteiger partial charge in [-0.05, 0) is 27.9 Å². The van der Waals surface area contributed by atoms with Crippen LogP contribution in [-0.4, -0.2) is 24.2 Å². The molecule has 2 N–H and O–H groups in total. The lowest BCUT2D eigenvalue weighted by molar-refractivity contribution is -0.144. The largest absolute Gasteiger partial charge is 0.506 e. The Labute approximate surface area is 122 Å². The van der Waals surface area contributed by atoms with Gasteiger partial charge >= 0.3 is 5.97 Å². The number of phenols is 1. The molecule has 0 radical (unpaired) electrons. The van der Waals surface area contributed by atoms with Gasteiger partial charge in [-0.25, -0.2) is 0 Å². The number of methoxy groups -OCH3 is 1. The van der Waals surface area contributed by atoms with Crippen molar-refractivity contribution in [2.75, 3.05) is 7.11 Å². The Morgan fingerprint density at radius 2 is 2.21 bits per heavy atom. The van der Waals surface area contributed by atoms with Gasteiger partial charge in [0.05, 0.1) is 11.6 Å². The lowest BCUT2D eigenvalue weighted by Crippen LogP contribution is -2.42. The Morgan fingerprint density at radius 3 is 2.79 bits per heavy atom. The molecular weight excluding hydrogens is 310 g/mol. The molecule has 1 aromatic rings. The molecule has 0 aliphatic heterocycles. The average molecular weight is 330 g/mol. The maximum absolute atomic E-state index is 11.7. The molecule has 106 valence electrons. The van der Waals surface area contributed by atoms with Gasteiger partial charge in [0.15, 0.2) is 0 Å². The van der Waals surface area contributed by atoms with Crippen LogP contribution in [0.15, 0.2) is 22.7 Å². The highest BCUT2D eigenvalue weighted by Gasteiger charge is 2.24. The van der Waals surface area contributed by atoms with E-state index in [1.54, 1.807) is 6.07 Å². The number of esters is 1. The van der Waals surface area contributed by atoms with E-state index in [4.69, 9.17) is 4.74 Å². The second-order valence-corrected chi connectivity index (χ2v) is 5.37. The Balaban J connectivity index is 2.76. The van der Waals surface area contributed by atoms with Crippen LogP contribution >= 0.6 is 15.9 Å². The van der Waals surface area contributed by atoms with Gasteiger partial charge in [0.25, 0.3) is 0 Å². The maximum atomic E-state index is 11.7. The highest BCUT2D eigenvalue weighted by atomic mass is 79.9. The summed E-state index contributed by atoms with van der Waals surface area (Å²) in [6, 6.07) is 5.06. The normalized spacial score (nSPS) is 13.9. The molecular formula is C14H20BrNO3. The van der Waals surface area contributed by atoms with E-state index in [2.05, 4.69) is 21.2 Å². The van der Waals surface area contributed by atoms with Crippen molar-refractivity contribution in [3.63, 3.8) is 0 Å². The number of aromatic hydroxyl groups is 1. The predicted octanol–water partition coefficient (Wildman–Crippen LogP) is 2.83. The molecule has 0 aromatic heterocycles. The number of nitrogens with one attached hydrogen (secondary N) is 1. The summed E-state index contributed by atoms with van der Waals surface area (Å²) in [5.41, 5.74) is 0.742. The number of hydrogen-bond donors (Lipinski definition) is 2. The van der Waals surface area contributed by atoms with E-state index < -0.39 is 0 Å². The third kappa shape index (κ3) is 4.21. The molecule has 0 aliphatic carbocycles. The van der Waals surface area contributed by atoms with Gasteiger partial charge in [0, 0.05) is 12.1 Å². The van der Waals surface area contributed by atoms with Crippen LogP contribution in [0.5, 0.6) is 5.75 Å². The molecule has 0 bridgehead atoms. The zero-order chi connectivity index (χ0) is 14.4. The van der Waals surface area contributed by atoms with Gasteiger partial charge in [-0.1, -0.05) is 32.4 Å². The third-order valence-electron chi connectivity index (χ3n) is 3.25. The number of carbonyl (C=O) groups excluding carboxylic acids is 1. The first kappa shape index (κ1) is 16.0. The smallest absolute Gasteiger partial charge is 0.323 e. The molecule has 0 saturated carbocycles. The van der Waals surface area contributed by atoms with E-state index >= 15 is 0 Å². The second-order valence-electron chi connectivity index (χ2n) is 4.51. The molecule has 1 aromatic carbocycles. The Morgan fingerprint density at radius 1 is 1.53 bits per heavy atom. The minimum absolute atomic E-state index is 0.168. The molecule has 0 saturated heterocycles. The van der Waals surface area contributed by atoms with Gasteiger partial charge in [-0.2, -0.15) is 0 Å². The fourth-order valence-electron chi connectivity index (χ4n) is 1.80. The summed E-state index contributed by atoms with van der Waals surface area (Å²) in [4.78, 5) is 11.7. The standard InChI is InChI=1S/C14H20BrNO3/c1-4-9(2)12(14(18)19-3)16-8-10-6-5-7-11(15)13(10)17/h5-7,9,12,16-17H,4,8H2,1-3H3. The fraction of sp³-hybridized carbons (Fsp3) is 0.500. The predicted molar refractivity (Wildman–Crippen MR) is 77.9 cm³/mol. The lowest BCUT2D eigenvalue weighted by atomic mass is 9.99. The first-order valence-corrected chi connectivity index (χ1v) is 7.08. The van der Waals surface area contributed by atoms with Crippen molar-refractivity contribution in [1.82, 2.24) is 5.32 Å². The zero-order valence-electron chi connectivity index (χ0n) is 11.4. The van der Waals surface area contributed by atoms with Crippen LogP contribution in [0.3, 0.4) is 0 Å². The van der Waals surface area contributed by atoms with Crippen LogP contribution in [0, 0.1) is 5.92 Å². The highest BCUT2D eigenvalue weighted by Crippen LogP contribution is 2.27. The van der Waals surface area contributed by atoms with Crippen molar-refractivity contribution in [2.24, 2.45) is 5.92 Å². The van der Waals surface area contributed by atoms with E-state index in [0.29, 0.717) is 11.0 Å². The van der Waals surface area contributed by atoms with E-state index in [1.165, 1.54) is 7.11 Å². The van der Waals surface area contributed by atoms with Crippen LogP contribution < -0.4 is 5.32 Å². The number of carbonyl (C=O) groups is 1. The first-order chi connectivity index (χ1) is 9.01. The summed E-state index contributed by atoms with van der Waals surface area (Å²) in [5, 5.41) is 13.0. The van der Waals surface area contributed by atoms with E-state index in [0.717, 1.165) is 12.0 Å². The number of benzene rings is 1. The summed E-state index contributed by atoms with van der Waals surface area (Å²) in [6.45, 7) is 4.43. The van der Waals surface area contributed by atoms with Crippen LogP contribution in [-0.2, 0) is 16.1 Å². The van der Waals surface area contributed by atoms with Crippen molar-refractivity contribution in [2.45, 2.75) is 32.9 Å². The van der Waals surface area contributed by atoms with Gasteiger partial charge in [0.1, 0.15) is 11.8 Å². The minimum Gasteiger partial charge on any atom is -0.506 e. The molecule has 0 amide bonds. The molecule has 0 spiro atoms. The summed E-state index contributed by atoms with van der Waals surface area (Å²) < 4.78 is 5.45. The molecule has 1 rings (SSSR count). The summed E-state index contributed by atoms with van der Waals surface area (Å²) in [7, 11) is 1.38. The van der Waals surface area contributed by atoms with Crippen LogP contribution in [0.4, 0.5) is 0 Å². The Bertz CT molecular complexity index is 437. The molecule has 2 atom stereocenters. The quantitative estimate of drug-likeness (QED) is 0.788. The van der Waals surface area contributed by atoms with Crippen LogP contribution in [0.25, 0.3) is 0 Å². The van der Waals surface area contributed by atoms with Crippen molar-refractivity contribution >= 4 is 21.9 Å². The van der Waals surface area contributed by atoms with Crippen LogP contribution in [0.2, 0.25) is 0 Å². The lowest BCUT2D eigenvalue weighted by Gasteiger charge is -2.22. The summed E-state index contributed by atoms with van der Waals surface area (Å²) in [6.07, 6.45) is 0.872. The molecule has 4 nitrogen and oxygen atoms in total. The fourth-order valence-corrected chi connectivity index (χ4v) is 2.21. The molecule has 0 heterocycles. The average Bonchev–Trinajstić information content (AvgIpc) is 2.42. The van der Waals surface area contributed by atoms with Gasteiger partial charge in [-0.15, -0.1) is 0 Å². The van der Waals surface area contributed by atoms with E-state index in [1.807, 2.05) is 26.0 Å². The highest BCUT2D eigenvalue weighted by molar-refractivity contribution is 9.10. The number of rotatable bonds is 6. The van der Waals surface area contributed by atoms with E-state index in [-0.39, 0.29) is 23.7 Å². The molecule has 19 heavy (non-hydrogen) atoms. The summed E-state index contributed by atoms with van der Waals surface area (Å²) >= 11 is 3.27. The maximum Gasteiger partial charge on any atom is 0.323 e. The number of ether oxygens (including phenoxy) is 1. The number of phenolic OH excluding ortho intramolecular Hbond substituents is 1. The van der Waals surface area contributed by atoms with E-state index in [9.17, 15) is 9.90 Å². The zero-order valence-corrected chi connectivity index (χ0v) is 13.0. The molecule has 2 unspecified atom stereocenters. The summed E-state index contributed by atoms with van der Waals surface area (Å²) in [5.74, 6) is 0.0911. The number of para-hydroxylation sites is 1.